The van der Waals surface area contributed by atoms with Crippen LogP contribution in [0.3, 0.4) is 0 Å². The number of thiazole rings is 1. The number of hydrogen-bond donors (Lipinski definition) is 0. The maximum absolute atomic E-state index is 12.6. The largest absolute Gasteiger partial charge is 0.379 e. The Morgan fingerprint density at radius 3 is 2.80 bits per heavy atom. The van der Waals surface area contributed by atoms with Crippen LogP contribution in [0.1, 0.15) is 24.3 Å². The quantitative estimate of drug-likeness (QED) is 0.788. The van der Waals surface area contributed by atoms with Gasteiger partial charge in [0.05, 0.1) is 26.3 Å². The van der Waals surface area contributed by atoms with E-state index in [0.29, 0.717) is 23.9 Å². The molecule has 0 unspecified atom stereocenters. The molecule has 0 radical (unpaired) electrons. The summed E-state index contributed by atoms with van der Waals surface area (Å²) in [5.41, 5.74) is 0.446. The van der Waals surface area contributed by atoms with Crippen molar-refractivity contribution < 1.29 is 9.53 Å². The van der Waals surface area contributed by atoms with Gasteiger partial charge in [0.15, 0.2) is 0 Å². The highest BCUT2D eigenvalue weighted by molar-refractivity contribution is 7.09. The molecule has 7 heteroatoms. The second-order valence-corrected chi connectivity index (χ2v) is 8.67. The van der Waals surface area contributed by atoms with Gasteiger partial charge in [-0.25, -0.2) is 4.98 Å². The smallest absolute Gasteiger partial charge is 0.236 e. The zero-order valence-electron chi connectivity index (χ0n) is 15.0. The third kappa shape index (κ3) is 3.89. The average Bonchev–Trinajstić information content (AvgIpc) is 3.08. The predicted octanol–water partition coefficient (Wildman–Crippen LogP) is 1.29. The van der Waals surface area contributed by atoms with E-state index in [4.69, 9.17) is 4.74 Å². The fraction of sp³-hybridized carbons (Fsp3) is 0.778. The molecule has 3 fully saturated rings. The molecule has 3 heterocycles. The topological polar surface area (TPSA) is 48.9 Å². The van der Waals surface area contributed by atoms with E-state index in [9.17, 15) is 4.79 Å². The van der Waals surface area contributed by atoms with Crippen LogP contribution in [0.4, 0.5) is 0 Å². The third-order valence-electron chi connectivity index (χ3n) is 6.12. The maximum atomic E-state index is 12.6. The standard InChI is InChI=1S/C18H28N4O2S/c1-20(13-16-19-4-11-25-16)15-12-18(15)2-5-22(6-3-18)17(23)14-21-7-9-24-10-8-21/h4,11,15H,2-3,5-10,12-14H2,1H3/t15-/m1/s1. The zero-order chi connectivity index (χ0) is 17.3. The lowest BCUT2D eigenvalue weighted by atomic mass is 9.92. The van der Waals surface area contributed by atoms with Crippen LogP contribution in [0.25, 0.3) is 0 Å². The molecule has 1 saturated carbocycles. The molecular weight excluding hydrogens is 336 g/mol. The van der Waals surface area contributed by atoms with E-state index in [1.54, 1.807) is 11.3 Å². The lowest BCUT2D eigenvalue weighted by molar-refractivity contribution is -0.135. The molecule has 1 aliphatic carbocycles. The highest BCUT2D eigenvalue weighted by atomic mass is 32.1. The third-order valence-corrected chi connectivity index (χ3v) is 6.89. The van der Waals surface area contributed by atoms with Crippen molar-refractivity contribution in [2.24, 2.45) is 5.41 Å². The second-order valence-electron chi connectivity index (χ2n) is 7.69. The van der Waals surface area contributed by atoms with Crippen molar-refractivity contribution in [3.8, 4) is 0 Å². The number of hydrogen-bond acceptors (Lipinski definition) is 6. The first kappa shape index (κ1) is 17.4. The number of carbonyl (C=O) groups excluding carboxylic acids is 1. The number of ether oxygens (including phenoxy) is 1. The molecule has 3 aliphatic rings. The average molecular weight is 365 g/mol. The number of rotatable bonds is 5. The highest BCUT2D eigenvalue weighted by Gasteiger charge is 2.56. The zero-order valence-corrected chi connectivity index (χ0v) is 15.8. The number of morpholine rings is 1. The normalized spacial score (nSPS) is 26.3. The van der Waals surface area contributed by atoms with Crippen LogP contribution in [-0.4, -0.2) is 84.6 Å². The minimum absolute atomic E-state index is 0.296. The molecule has 1 aromatic heterocycles. The predicted molar refractivity (Wildman–Crippen MR) is 97.5 cm³/mol. The van der Waals surface area contributed by atoms with Gasteiger partial charge >= 0.3 is 0 Å². The first-order chi connectivity index (χ1) is 12.2. The summed E-state index contributed by atoms with van der Waals surface area (Å²) in [7, 11) is 2.22. The maximum Gasteiger partial charge on any atom is 0.236 e. The van der Waals surface area contributed by atoms with Crippen molar-refractivity contribution >= 4 is 17.2 Å². The number of amides is 1. The van der Waals surface area contributed by atoms with E-state index in [1.165, 1.54) is 11.4 Å². The summed E-state index contributed by atoms with van der Waals surface area (Å²) in [4.78, 5) is 23.7. The number of likely N-dealkylation sites (tertiary alicyclic amines) is 1. The SMILES string of the molecule is CN(Cc1nccs1)[C@@H]1CC12CCN(C(=O)CN1CCOCC1)CC2. The van der Waals surface area contributed by atoms with Gasteiger partial charge in [-0.3, -0.25) is 14.6 Å². The molecule has 0 N–H and O–H groups in total. The van der Waals surface area contributed by atoms with Crippen LogP contribution in [0.2, 0.25) is 0 Å². The monoisotopic (exact) mass is 364 g/mol. The van der Waals surface area contributed by atoms with Crippen LogP contribution < -0.4 is 0 Å². The molecule has 0 bridgehead atoms. The Bertz CT molecular complexity index is 580. The van der Waals surface area contributed by atoms with E-state index in [-0.39, 0.29) is 0 Å². The molecule has 0 aromatic carbocycles. The van der Waals surface area contributed by atoms with Crippen molar-refractivity contribution in [2.45, 2.75) is 31.8 Å². The van der Waals surface area contributed by atoms with Crippen LogP contribution in [0.15, 0.2) is 11.6 Å². The van der Waals surface area contributed by atoms with Gasteiger partial charge in [0, 0.05) is 43.8 Å². The molecule has 4 rings (SSSR count). The highest BCUT2D eigenvalue weighted by Crippen LogP contribution is 2.56. The summed E-state index contributed by atoms with van der Waals surface area (Å²) in [5, 5.41) is 3.24. The Kier molecular flexibility index (Phi) is 5.08. The van der Waals surface area contributed by atoms with Crippen molar-refractivity contribution in [3.63, 3.8) is 0 Å². The number of carbonyl (C=O) groups is 1. The fourth-order valence-electron chi connectivity index (χ4n) is 4.39. The second kappa shape index (κ2) is 7.31. The molecular formula is C18H28N4O2S. The number of piperidine rings is 1. The van der Waals surface area contributed by atoms with Gasteiger partial charge in [-0.2, -0.15) is 0 Å². The van der Waals surface area contributed by atoms with Crippen LogP contribution in [0.5, 0.6) is 0 Å². The van der Waals surface area contributed by atoms with Crippen LogP contribution in [-0.2, 0) is 16.1 Å². The number of nitrogens with zero attached hydrogens (tertiary/aromatic N) is 4. The van der Waals surface area contributed by atoms with Gasteiger partial charge in [-0.15, -0.1) is 11.3 Å². The van der Waals surface area contributed by atoms with E-state index in [2.05, 4.69) is 26.7 Å². The summed E-state index contributed by atoms with van der Waals surface area (Å²) >= 11 is 1.73. The summed E-state index contributed by atoms with van der Waals surface area (Å²) in [6.07, 6.45) is 5.46. The Morgan fingerprint density at radius 1 is 1.36 bits per heavy atom. The van der Waals surface area contributed by atoms with Crippen molar-refractivity contribution in [1.82, 2.24) is 19.7 Å². The molecule has 25 heavy (non-hydrogen) atoms. The lowest BCUT2D eigenvalue weighted by Gasteiger charge is -2.36. The molecule has 2 saturated heterocycles. The van der Waals surface area contributed by atoms with Gasteiger partial charge in [0.25, 0.3) is 0 Å². The minimum Gasteiger partial charge on any atom is -0.379 e. The van der Waals surface area contributed by atoms with Gasteiger partial charge < -0.3 is 9.64 Å². The van der Waals surface area contributed by atoms with Gasteiger partial charge in [0.2, 0.25) is 5.91 Å². The van der Waals surface area contributed by atoms with E-state index in [0.717, 1.165) is 58.8 Å². The first-order valence-corrected chi connectivity index (χ1v) is 10.2. The van der Waals surface area contributed by atoms with E-state index in [1.807, 2.05) is 11.6 Å². The summed E-state index contributed by atoms with van der Waals surface area (Å²) in [6.45, 7) is 6.62. The molecule has 2 aliphatic heterocycles. The van der Waals surface area contributed by atoms with Crippen LogP contribution in [0, 0.1) is 5.41 Å². The molecule has 1 atom stereocenters. The summed E-state index contributed by atoms with van der Waals surface area (Å²) in [5.74, 6) is 0.296. The van der Waals surface area contributed by atoms with Crippen molar-refractivity contribution in [1.29, 1.82) is 0 Å². The fourth-order valence-corrected chi connectivity index (χ4v) is 5.07. The number of aromatic nitrogens is 1. The summed E-state index contributed by atoms with van der Waals surface area (Å²) in [6, 6.07) is 0.660. The Labute approximate surface area is 153 Å². The van der Waals surface area contributed by atoms with Gasteiger partial charge in [-0.1, -0.05) is 0 Å². The van der Waals surface area contributed by atoms with Crippen LogP contribution >= 0.6 is 11.3 Å². The van der Waals surface area contributed by atoms with Crippen molar-refractivity contribution in [3.05, 3.63) is 16.6 Å². The van der Waals surface area contributed by atoms with E-state index < -0.39 is 0 Å². The first-order valence-electron chi connectivity index (χ1n) is 9.33. The van der Waals surface area contributed by atoms with E-state index >= 15 is 0 Å². The lowest BCUT2D eigenvalue weighted by Crippen LogP contribution is -2.47. The minimum atomic E-state index is 0.296. The Morgan fingerprint density at radius 2 is 2.12 bits per heavy atom. The Balaban J connectivity index is 1.24. The molecule has 1 amide bonds. The molecule has 1 aromatic rings. The summed E-state index contributed by atoms with van der Waals surface area (Å²) < 4.78 is 5.36. The Hall–Kier alpha value is -1.02. The molecule has 6 nitrogen and oxygen atoms in total. The van der Waals surface area contributed by atoms with Crippen molar-refractivity contribution in [2.75, 3.05) is 53.0 Å². The molecule has 1 spiro atoms. The molecule has 138 valence electrons. The van der Waals surface area contributed by atoms with Gasteiger partial charge in [0.1, 0.15) is 5.01 Å². The van der Waals surface area contributed by atoms with Gasteiger partial charge in [-0.05, 0) is 31.7 Å².